The Kier molecular flexibility index (Phi) is 2.10. The van der Waals surface area contributed by atoms with E-state index in [2.05, 4.69) is 4.98 Å². The van der Waals surface area contributed by atoms with Gasteiger partial charge in [-0.2, -0.15) is 0 Å². The van der Waals surface area contributed by atoms with Crippen molar-refractivity contribution < 1.29 is 0 Å². The third-order valence-electron chi connectivity index (χ3n) is 1.91. The number of rotatable bonds is 2. The van der Waals surface area contributed by atoms with Gasteiger partial charge in [-0.15, -0.1) is 0 Å². The fourth-order valence-corrected chi connectivity index (χ4v) is 1.18. The van der Waals surface area contributed by atoms with E-state index in [1.165, 1.54) is 0 Å². The summed E-state index contributed by atoms with van der Waals surface area (Å²) in [5.74, 6) is 0.919. The summed E-state index contributed by atoms with van der Waals surface area (Å²) in [7, 11) is 0. The lowest BCUT2D eigenvalue weighted by Gasteiger charge is -2.01. The van der Waals surface area contributed by atoms with Crippen molar-refractivity contribution in [2.24, 2.45) is 5.73 Å². The third-order valence-corrected chi connectivity index (χ3v) is 1.91. The number of pyridine rings is 1. The van der Waals surface area contributed by atoms with Crippen LogP contribution in [0.3, 0.4) is 0 Å². The SMILES string of the molecule is NCc1ccc(-n2cccc2)nc1. The van der Waals surface area contributed by atoms with E-state index >= 15 is 0 Å². The molecule has 0 aliphatic carbocycles. The van der Waals surface area contributed by atoms with Gasteiger partial charge in [0.2, 0.25) is 0 Å². The van der Waals surface area contributed by atoms with Gasteiger partial charge in [0.1, 0.15) is 5.82 Å². The Morgan fingerprint density at radius 2 is 2.00 bits per heavy atom. The first-order chi connectivity index (χ1) is 6.40. The van der Waals surface area contributed by atoms with Gasteiger partial charge in [0.05, 0.1) is 0 Å². The highest BCUT2D eigenvalue weighted by molar-refractivity contribution is 5.26. The summed E-state index contributed by atoms with van der Waals surface area (Å²) in [6.07, 6.45) is 5.73. The standard InChI is InChI=1S/C10H11N3/c11-7-9-3-4-10(12-8-9)13-5-1-2-6-13/h1-6,8H,7,11H2. The van der Waals surface area contributed by atoms with Crippen LogP contribution in [0.25, 0.3) is 5.82 Å². The minimum Gasteiger partial charge on any atom is -0.326 e. The molecule has 3 nitrogen and oxygen atoms in total. The van der Waals surface area contributed by atoms with Crippen LogP contribution in [0.1, 0.15) is 5.56 Å². The molecule has 13 heavy (non-hydrogen) atoms. The molecule has 0 unspecified atom stereocenters. The van der Waals surface area contributed by atoms with E-state index in [1.54, 1.807) is 6.20 Å². The van der Waals surface area contributed by atoms with E-state index in [9.17, 15) is 0 Å². The molecule has 66 valence electrons. The topological polar surface area (TPSA) is 43.8 Å². The molecule has 0 aliphatic rings. The Bertz CT molecular complexity index is 362. The number of nitrogens with two attached hydrogens (primary N) is 1. The summed E-state index contributed by atoms with van der Waals surface area (Å²) < 4.78 is 1.96. The van der Waals surface area contributed by atoms with Gasteiger partial charge in [-0.05, 0) is 23.8 Å². The third kappa shape index (κ3) is 1.60. The Balaban J connectivity index is 2.33. The normalized spacial score (nSPS) is 10.2. The van der Waals surface area contributed by atoms with Crippen LogP contribution in [-0.4, -0.2) is 9.55 Å². The maximum absolute atomic E-state index is 5.47. The molecule has 2 aromatic heterocycles. The van der Waals surface area contributed by atoms with Gasteiger partial charge in [0.25, 0.3) is 0 Å². The quantitative estimate of drug-likeness (QED) is 0.744. The van der Waals surface area contributed by atoms with Gasteiger partial charge in [0.15, 0.2) is 0 Å². The molecule has 0 fully saturated rings. The molecule has 2 heterocycles. The lowest BCUT2D eigenvalue weighted by atomic mass is 10.3. The van der Waals surface area contributed by atoms with Gasteiger partial charge >= 0.3 is 0 Å². The molecule has 0 atom stereocenters. The number of hydrogen-bond acceptors (Lipinski definition) is 2. The molecule has 0 bridgehead atoms. The maximum Gasteiger partial charge on any atom is 0.136 e. The summed E-state index contributed by atoms with van der Waals surface area (Å²) in [6, 6.07) is 7.89. The zero-order valence-corrected chi connectivity index (χ0v) is 7.22. The summed E-state index contributed by atoms with van der Waals surface area (Å²) in [4.78, 5) is 4.27. The zero-order valence-electron chi connectivity index (χ0n) is 7.22. The van der Waals surface area contributed by atoms with Crippen molar-refractivity contribution >= 4 is 0 Å². The van der Waals surface area contributed by atoms with Crippen molar-refractivity contribution in [2.45, 2.75) is 6.54 Å². The number of aromatic nitrogens is 2. The number of nitrogens with zero attached hydrogens (tertiary/aromatic N) is 2. The van der Waals surface area contributed by atoms with Crippen LogP contribution in [0.2, 0.25) is 0 Å². The lowest BCUT2D eigenvalue weighted by Crippen LogP contribution is -1.99. The van der Waals surface area contributed by atoms with E-state index < -0.39 is 0 Å². The van der Waals surface area contributed by atoms with Crippen molar-refractivity contribution in [1.29, 1.82) is 0 Å². The van der Waals surface area contributed by atoms with Gasteiger partial charge in [-0.1, -0.05) is 6.07 Å². The highest BCUT2D eigenvalue weighted by Gasteiger charge is 1.95. The Morgan fingerprint density at radius 1 is 1.23 bits per heavy atom. The summed E-state index contributed by atoms with van der Waals surface area (Å²) in [5, 5.41) is 0. The summed E-state index contributed by atoms with van der Waals surface area (Å²) in [6.45, 7) is 0.541. The molecule has 2 aromatic rings. The fourth-order valence-electron chi connectivity index (χ4n) is 1.18. The average molecular weight is 173 g/mol. The zero-order chi connectivity index (χ0) is 9.10. The summed E-state index contributed by atoms with van der Waals surface area (Å²) in [5.41, 5.74) is 6.52. The fraction of sp³-hybridized carbons (Fsp3) is 0.100. The average Bonchev–Trinajstić information content (AvgIpc) is 2.71. The van der Waals surface area contributed by atoms with Gasteiger partial charge in [-0.3, -0.25) is 0 Å². The van der Waals surface area contributed by atoms with Gasteiger partial charge in [0, 0.05) is 25.1 Å². The highest BCUT2D eigenvalue weighted by Crippen LogP contribution is 2.05. The molecular weight excluding hydrogens is 162 g/mol. The Morgan fingerprint density at radius 3 is 2.54 bits per heavy atom. The molecule has 0 radical (unpaired) electrons. The van der Waals surface area contributed by atoms with Crippen LogP contribution in [0.4, 0.5) is 0 Å². The van der Waals surface area contributed by atoms with Crippen molar-refractivity contribution in [3.05, 3.63) is 48.4 Å². The molecule has 2 N–H and O–H groups in total. The second-order valence-corrected chi connectivity index (χ2v) is 2.82. The van der Waals surface area contributed by atoms with Crippen molar-refractivity contribution in [3.8, 4) is 5.82 Å². The van der Waals surface area contributed by atoms with Crippen LogP contribution in [-0.2, 0) is 6.54 Å². The Labute approximate surface area is 76.8 Å². The molecule has 0 aromatic carbocycles. The largest absolute Gasteiger partial charge is 0.326 e. The minimum absolute atomic E-state index is 0.541. The van der Waals surface area contributed by atoms with Gasteiger partial charge in [-0.25, -0.2) is 4.98 Å². The first-order valence-electron chi connectivity index (χ1n) is 4.18. The highest BCUT2D eigenvalue weighted by atomic mass is 15.0. The number of hydrogen-bond donors (Lipinski definition) is 1. The maximum atomic E-state index is 5.47. The molecular formula is C10H11N3. The van der Waals surface area contributed by atoms with E-state index in [-0.39, 0.29) is 0 Å². The van der Waals surface area contributed by atoms with Crippen LogP contribution in [0.15, 0.2) is 42.9 Å². The molecule has 3 heteroatoms. The predicted molar refractivity (Wildman–Crippen MR) is 51.5 cm³/mol. The van der Waals surface area contributed by atoms with Crippen LogP contribution in [0, 0.1) is 0 Å². The molecule has 0 saturated carbocycles. The molecule has 0 amide bonds. The molecule has 0 aliphatic heterocycles. The first-order valence-corrected chi connectivity index (χ1v) is 4.18. The van der Waals surface area contributed by atoms with Crippen molar-refractivity contribution in [2.75, 3.05) is 0 Å². The van der Waals surface area contributed by atoms with Crippen LogP contribution in [0.5, 0.6) is 0 Å². The summed E-state index contributed by atoms with van der Waals surface area (Å²) >= 11 is 0. The van der Waals surface area contributed by atoms with Crippen molar-refractivity contribution in [1.82, 2.24) is 9.55 Å². The predicted octanol–water partition coefficient (Wildman–Crippen LogP) is 1.33. The smallest absolute Gasteiger partial charge is 0.136 e. The first kappa shape index (κ1) is 8.01. The second-order valence-electron chi connectivity index (χ2n) is 2.82. The van der Waals surface area contributed by atoms with Gasteiger partial charge < -0.3 is 10.3 Å². The van der Waals surface area contributed by atoms with E-state index in [0.717, 1.165) is 11.4 Å². The minimum atomic E-state index is 0.541. The van der Waals surface area contributed by atoms with Crippen LogP contribution >= 0.6 is 0 Å². The van der Waals surface area contributed by atoms with E-state index in [1.807, 2.05) is 41.2 Å². The van der Waals surface area contributed by atoms with E-state index in [0.29, 0.717) is 6.54 Å². The van der Waals surface area contributed by atoms with Crippen molar-refractivity contribution in [3.63, 3.8) is 0 Å². The lowest BCUT2D eigenvalue weighted by molar-refractivity contribution is 0.978. The van der Waals surface area contributed by atoms with Crippen LogP contribution < -0.4 is 5.73 Å². The van der Waals surface area contributed by atoms with E-state index in [4.69, 9.17) is 5.73 Å². The second kappa shape index (κ2) is 3.41. The molecule has 2 rings (SSSR count). The monoisotopic (exact) mass is 173 g/mol. The Hall–Kier alpha value is -1.61. The molecule has 0 saturated heterocycles. The molecule has 0 spiro atoms.